The summed E-state index contributed by atoms with van der Waals surface area (Å²) < 4.78 is 0. The molecule has 1 amide bonds. The van der Waals surface area contributed by atoms with Gasteiger partial charge in [0.15, 0.2) is 0 Å². The van der Waals surface area contributed by atoms with Gasteiger partial charge in [0.25, 0.3) is 0 Å². The Labute approximate surface area is 119 Å². The molecule has 0 aromatic carbocycles. The van der Waals surface area contributed by atoms with E-state index in [1.807, 2.05) is 4.90 Å². The van der Waals surface area contributed by atoms with Crippen LogP contribution in [0.25, 0.3) is 0 Å². The highest BCUT2D eigenvalue weighted by Crippen LogP contribution is 2.17. The van der Waals surface area contributed by atoms with Crippen LogP contribution in [0.3, 0.4) is 0 Å². The molecule has 1 N–H and O–H groups in total. The van der Waals surface area contributed by atoms with Crippen LogP contribution in [0.1, 0.15) is 71.6 Å². The molecule has 19 heavy (non-hydrogen) atoms. The van der Waals surface area contributed by atoms with Gasteiger partial charge in [-0.15, -0.1) is 0 Å². The molecule has 1 aliphatic rings. The second-order valence-corrected chi connectivity index (χ2v) is 5.86. The first-order valence-corrected chi connectivity index (χ1v) is 8.23. The first-order valence-electron chi connectivity index (χ1n) is 8.23. The van der Waals surface area contributed by atoms with Crippen molar-refractivity contribution in [2.45, 2.75) is 77.7 Å². The summed E-state index contributed by atoms with van der Waals surface area (Å²) in [6.45, 7) is 6.84. The van der Waals surface area contributed by atoms with E-state index in [2.05, 4.69) is 12.2 Å². The third kappa shape index (κ3) is 7.56. The molecule has 1 rings (SSSR count). The molecule has 0 radical (unpaired) electrons. The van der Waals surface area contributed by atoms with Gasteiger partial charge in [-0.1, -0.05) is 32.6 Å². The van der Waals surface area contributed by atoms with E-state index >= 15 is 0 Å². The minimum Gasteiger partial charge on any atom is -0.343 e. The van der Waals surface area contributed by atoms with Crippen LogP contribution in [0.15, 0.2) is 0 Å². The Balaban J connectivity index is 2.02. The van der Waals surface area contributed by atoms with Crippen molar-refractivity contribution < 1.29 is 4.79 Å². The van der Waals surface area contributed by atoms with Crippen LogP contribution >= 0.6 is 0 Å². The van der Waals surface area contributed by atoms with Gasteiger partial charge < -0.3 is 10.2 Å². The highest BCUT2D eigenvalue weighted by Gasteiger charge is 2.12. The quantitative estimate of drug-likeness (QED) is 0.651. The highest BCUT2D eigenvalue weighted by molar-refractivity contribution is 5.73. The molecular formula is C16H32N2O. The average Bonchev–Trinajstić information content (AvgIpc) is 2.42. The highest BCUT2D eigenvalue weighted by atomic mass is 16.2. The molecule has 0 spiro atoms. The van der Waals surface area contributed by atoms with Crippen LogP contribution in [0.5, 0.6) is 0 Å². The van der Waals surface area contributed by atoms with Gasteiger partial charge in [0.2, 0.25) is 5.91 Å². The normalized spacial score (nSPS) is 16.5. The smallest absolute Gasteiger partial charge is 0.219 e. The zero-order chi connectivity index (χ0) is 13.9. The largest absolute Gasteiger partial charge is 0.343 e. The molecule has 0 saturated heterocycles. The lowest BCUT2D eigenvalue weighted by Crippen LogP contribution is -2.33. The van der Waals surface area contributed by atoms with Crippen LogP contribution in [0.2, 0.25) is 0 Å². The Morgan fingerprint density at radius 2 is 1.79 bits per heavy atom. The average molecular weight is 268 g/mol. The summed E-state index contributed by atoms with van der Waals surface area (Å²) >= 11 is 0. The van der Waals surface area contributed by atoms with Crippen LogP contribution in [0, 0.1) is 0 Å². The first-order chi connectivity index (χ1) is 9.24. The van der Waals surface area contributed by atoms with E-state index in [4.69, 9.17) is 0 Å². The van der Waals surface area contributed by atoms with Crippen molar-refractivity contribution in [2.75, 3.05) is 19.6 Å². The molecule has 1 fully saturated rings. The standard InChI is InChI=1S/C16H32N2O/c1-3-4-13-18(15(2)19)14-9-8-12-17-16-10-6-5-7-11-16/h16-17H,3-14H2,1-2H3. The maximum Gasteiger partial charge on any atom is 0.219 e. The van der Waals surface area contributed by atoms with Crippen LogP contribution in [-0.4, -0.2) is 36.5 Å². The van der Waals surface area contributed by atoms with Gasteiger partial charge in [-0.2, -0.15) is 0 Å². The minimum absolute atomic E-state index is 0.230. The van der Waals surface area contributed by atoms with Crippen molar-refractivity contribution in [3.63, 3.8) is 0 Å². The van der Waals surface area contributed by atoms with E-state index in [-0.39, 0.29) is 5.91 Å². The van der Waals surface area contributed by atoms with Gasteiger partial charge in [0.05, 0.1) is 0 Å². The molecule has 3 nitrogen and oxygen atoms in total. The molecule has 1 saturated carbocycles. The second kappa shape index (κ2) is 10.2. The minimum atomic E-state index is 0.230. The van der Waals surface area contributed by atoms with Crippen LogP contribution in [-0.2, 0) is 4.79 Å². The number of carbonyl (C=O) groups excluding carboxylic acids is 1. The third-order valence-electron chi connectivity index (χ3n) is 4.12. The molecular weight excluding hydrogens is 236 g/mol. The summed E-state index contributed by atoms with van der Waals surface area (Å²) in [5.41, 5.74) is 0. The molecule has 0 unspecified atom stereocenters. The summed E-state index contributed by atoms with van der Waals surface area (Å²) in [5.74, 6) is 0.230. The van der Waals surface area contributed by atoms with Gasteiger partial charge in [-0.05, 0) is 38.6 Å². The molecule has 0 heterocycles. The van der Waals surface area contributed by atoms with E-state index in [1.54, 1.807) is 6.92 Å². The summed E-state index contributed by atoms with van der Waals surface area (Å²) in [7, 11) is 0. The predicted octanol–water partition coefficient (Wildman–Crippen LogP) is 3.34. The Morgan fingerprint density at radius 1 is 1.11 bits per heavy atom. The molecule has 0 bridgehead atoms. The first kappa shape index (κ1) is 16.5. The zero-order valence-electron chi connectivity index (χ0n) is 12.9. The number of amides is 1. The van der Waals surface area contributed by atoms with Crippen molar-refractivity contribution in [3.05, 3.63) is 0 Å². The van der Waals surface area contributed by atoms with Gasteiger partial charge >= 0.3 is 0 Å². The summed E-state index contributed by atoms with van der Waals surface area (Å²) in [5, 5.41) is 3.66. The lowest BCUT2D eigenvalue weighted by Gasteiger charge is -2.23. The van der Waals surface area contributed by atoms with Gasteiger partial charge in [-0.3, -0.25) is 4.79 Å². The van der Waals surface area contributed by atoms with Crippen molar-refractivity contribution in [1.82, 2.24) is 10.2 Å². The monoisotopic (exact) mass is 268 g/mol. The third-order valence-corrected chi connectivity index (χ3v) is 4.12. The van der Waals surface area contributed by atoms with Crippen molar-refractivity contribution in [3.8, 4) is 0 Å². The maximum absolute atomic E-state index is 11.5. The lowest BCUT2D eigenvalue weighted by atomic mass is 9.95. The Hall–Kier alpha value is -0.570. The molecule has 3 heteroatoms. The predicted molar refractivity (Wildman–Crippen MR) is 81.3 cm³/mol. The maximum atomic E-state index is 11.5. The van der Waals surface area contributed by atoms with Crippen LogP contribution in [0.4, 0.5) is 0 Å². The van der Waals surface area contributed by atoms with E-state index in [9.17, 15) is 4.79 Å². The Morgan fingerprint density at radius 3 is 2.42 bits per heavy atom. The van der Waals surface area contributed by atoms with Crippen molar-refractivity contribution in [1.29, 1.82) is 0 Å². The Bertz CT molecular complexity index is 237. The fraction of sp³-hybridized carbons (Fsp3) is 0.938. The molecule has 0 aromatic rings. The summed E-state index contributed by atoms with van der Waals surface area (Å²) in [6.07, 6.45) is 11.5. The SMILES string of the molecule is CCCCN(CCCCNC1CCCCC1)C(C)=O. The molecule has 0 aromatic heterocycles. The zero-order valence-corrected chi connectivity index (χ0v) is 12.9. The van der Waals surface area contributed by atoms with E-state index in [0.717, 1.165) is 44.9 Å². The van der Waals surface area contributed by atoms with Crippen molar-refractivity contribution in [2.24, 2.45) is 0 Å². The number of nitrogens with one attached hydrogen (secondary N) is 1. The number of hydrogen-bond donors (Lipinski definition) is 1. The number of carbonyl (C=O) groups is 1. The number of rotatable bonds is 9. The second-order valence-electron chi connectivity index (χ2n) is 5.86. The summed E-state index contributed by atoms with van der Waals surface area (Å²) in [6, 6.07) is 0.762. The van der Waals surface area contributed by atoms with Crippen molar-refractivity contribution >= 4 is 5.91 Å². The number of nitrogens with zero attached hydrogens (tertiary/aromatic N) is 1. The van der Waals surface area contributed by atoms with Crippen LogP contribution < -0.4 is 5.32 Å². The van der Waals surface area contributed by atoms with Gasteiger partial charge in [-0.25, -0.2) is 0 Å². The Kier molecular flexibility index (Phi) is 8.89. The summed E-state index contributed by atoms with van der Waals surface area (Å²) in [4.78, 5) is 13.5. The number of hydrogen-bond acceptors (Lipinski definition) is 2. The van der Waals surface area contributed by atoms with Gasteiger partial charge in [0.1, 0.15) is 0 Å². The van der Waals surface area contributed by atoms with E-state index in [1.165, 1.54) is 38.5 Å². The van der Waals surface area contributed by atoms with Gasteiger partial charge in [0, 0.05) is 26.1 Å². The number of unbranched alkanes of at least 4 members (excludes halogenated alkanes) is 2. The fourth-order valence-electron chi connectivity index (χ4n) is 2.82. The van der Waals surface area contributed by atoms with E-state index < -0.39 is 0 Å². The molecule has 0 atom stereocenters. The molecule has 1 aliphatic carbocycles. The molecule has 112 valence electrons. The lowest BCUT2D eigenvalue weighted by molar-refractivity contribution is -0.129. The molecule has 0 aliphatic heterocycles. The van der Waals surface area contributed by atoms with E-state index in [0.29, 0.717) is 0 Å². The topological polar surface area (TPSA) is 32.3 Å². The fourth-order valence-corrected chi connectivity index (χ4v) is 2.82.